The van der Waals surface area contributed by atoms with E-state index in [1.807, 2.05) is 6.08 Å². The van der Waals surface area contributed by atoms with Crippen LogP contribution < -0.4 is 0 Å². The number of ether oxygens (including phenoxy) is 1. The predicted molar refractivity (Wildman–Crippen MR) is 54.4 cm³/mol. The largest absolute Gasteiger partial charge is 0.466 e. The molecule has 0 atom stereocenters. The molecule has 0 rings (SSSR count). The van der Waals surface area contributed by atoms with E-state index in [-0.39, 0.29) is 5.97 Å². The van der Waals surface area contributed by atoms with Crippen LogP contribution in [0.25, 0.3) is 0 Å². The smallest absolute Gasteiger partial charge is 0.333 e. The summed E-state index contributed by atoms with van der Waals surface area (Å²) in [5, 5.41) is 0. The Labute approximate surface area is 80.3 Å². The summed E-state index contributed by atoms with van der Waals surface area (Å²) in [7, 11) is 1.40. The maximum absolute atomic E-state index is 10.9. The van der Waals surface area contributed by atoms with Crippen molar-refractivity contribution < 1.29 is 9.53 Å². The number of rotatable bonds is 4. The molecule has 0 aliphatic carbocycles. The van der Waals surface area contributed by atoms with Crippen molar-refractivity contribution in [2.75, 3.05) is 7.11 Å². The van der Waals surface area contributed by atoms with Crippen LogP contribution in [0.3, 0.4) is 0 Å². The second-order valence-corrected chi connectivity index (χ2v) is 3.24. The Balaban J connectivity index is 3.85. The van der Waals surface area contributed by atoms with Crippen LogP contribution in [0.1, 0.15) is 33.6 Å². The van der Waals surface area contributed by atoms with Crippen molar-refractivity contribution in [3.8, 4) is 0 Å². The van der Waals surface area contributed by atoms with Crippen LogP contribution in [0.2, 0.25) is 0 Å². The van der Waals surface area contributed by atoms with Gasteiger partial charge in [0.05, 0.1) is 7.11 Å². The lowest BCUT2D eigenvalue weighted by molar-refractivity contribution is -0.136. The Hall–Kier alpha value is -1.05. The second-order valence-electron chi connectivity index (χ2n) is 3.24. The van der Waals surface area contributed by atoms with Gasteiger partial charge in [-0.1, -0.05) is 17.7 Å². The standard InChI is InChI=1S/C11H18O2/c1-9(2)7-5-6-8-10(3)11(12)13-4/h7-8H,5-6H2,1-4H3/b10-8-. The lowest BCUT2D eigenvalue weighted by Gasteiger charge is -1.97. The molecule has 0 aromatic heterocycles. The molecule has 0 aromatic rings. The van der Waals surface area contributed by atoms with Crippen LogP contribution >= 0.6 is 0 Å². The van der Waals surface area contributed by atoms with Gasteiger partial charge in [-0.2, -0.15) is 0 Å². The zero-order valence-electron chi connectivity index (χ0n) is 8.89. The van der Waals surface area contributed by atoms with Gasteiger partial charge in [-0.25, -0.2) is 4.79 Å². The minimum Gasteiger partial charge on any atom is -0.466 e. The Morgan fingerprint density at radius 2 is 1.69 bits per heavy atom. The zero-order chi connectivity index (χ0) is 10.3. The molecule has 2 nitrogen and oxygen atoms in total. The van der Waals surface area contributed by atoms with Crippen LogP contribution in [-0.2, 0) is 9.53 Å². The fraction of sp³-hybridized carbons (Fsp3) is 0.545. The summed E-state index contributed by atoms with van der Waals surface area (Å²) >= 11 is 0. The predicted octanol–water partition coefficient (Wildman–Crippen LogP) is 2.85. The minimum absolute atomic E-state index is 0.239. The topological polar surface area (TPSA) is 26.3 Å². The van der Waals surface area contributed by atoms with Gasteiger partial charge in [0.1, 0.15) is 0 Å². The van der Waals surface area contributed by atoms with Gasteiger partial charge in [0.25, 0.3) is 0 Å². The lowest BCUT2D eigenvalue weighted by Crippen LogP contribution is -2.00. The molecule has 13 heavy (non-hydrogen) atoms. The summed E-state index contributed by atoms with van der Waals surface area (Å²) in [6.45, 7) is 5.90. The van der Waals surface area contributed by atoms with Gasteiger partial charge in [0.2, 0.25) is 0 Å². The monoisotopic (exact) mass is 182 g/mol. The third kappa shape index (κ3) is 6.14. The Bertz CT molecular complexity index is 220. The van der Waals surface area contributed by atoms with E-state index in [9.17, 15) is 4.79 Å². The third-order valence-electron chi connectivity index (χ3n) is 1.68. The van der Waals surface area contributed by atoms with Crippen molar-refractivity contribution in [2.24, 2.45) is 0 Å². The number of hydrogen-bond donors (Lipinski definition) is 0. The first kappa shape index (κ1) is 11.9. The Morgan fingerprint density at radius 3 is 2.15 bits per heavy atom. The van der Waals surface area contributed by atoms with E-state index < -0.39 is 0 Å². The van der Waals surface area contributed by atoms with Crippen molar-refractivity contribution in [3.63, 3.8) is 0 Å². The number of carbonyl (C=O) groups excluding carboxylic acids is 1. The molecule has 0 unspecified atom stereocenters. The molecule has 0 saturated carbocycles. The average Bonchev–Trinajstić information content (AvgIpc) is 2.10. The first-order chi connectivity index (χ1) is 6.07. The molecule has 0 N–H and O–H groups in total. The van der Waals surface area contributed by atoms with Gasteiger partial charge in [0, 0.05) is 5.57 Å². The van der Waals surface area contributed by atoms with E-state index in [4.69, 9.17) is 0 Å². The van der Waals surface area contributed by atoms with Crippen LogP contribution in [0.5, 0.6) is 0 Å². The SMILES string of the molecule is COC(=O)/C(C)=C\CCC=C(C)C. The zero-order valence-corrected chi connectivity index (χ0v) is 8.89. The highest BCUT2D eigenvalue weighted by molar-refractivity contribution is 5.87. The molecule has 0 heterocycles. The molecule has 2 heteroatoms. The van der Waals surface area contributed by atoms with Crippen molar-refractivity contribution in [1.29, 1.82) is 0 Å². The molecule has 0 saturated heterocycles. The molecule has 0 aliphatic rings. The van der Waals surface area contributed by atoms with Gasteiger partial charge in [-0.3, -0.25) is 0 Å². The second kappa shape index (κ2) is 6.46. The summed E-state index contributed by atoms with van der Waals surface area (Å²) < 4.78 is 4.57. The molecule has 0 aromatic carbocycles. The highest BCUT2D eigenvalue weighted by Gasteiger charge is 2.00. The molecule has 74 valence electrons. The minimum atomic E-state index is -0.239. The van der Waals surface area contributed by atoms with Gasteiger partial charge < -0.3 is 4.74 Å². The summed E-state index contributed by atoms with van der Waals surface area (Å²) in [5.41, 5.74) is 1.99. The number of carbonyl (C=O) groups is 1. The van der Waals surface area contributed by atoms with E-state index in [0.29, 0.717) is 5.57 Å². The van der Waals surface area contributed by atoms with Crippen molar-refractivity contribution in [1.82, 2.24) is 0 Å². The maximum Gasteiger partial charge on any atom is 0.333 e. The van der Waals surface area contributed by atoms with Crippen molar-refractivity contribution in [3.05, 3.63) is 23.3 Å². The Morgan fingerprint density at radius 1 is 1.15 bits per heavy atom. The first-order valence-corrected chi connectivity index (χ1v) is 4.46. The van der Waals surface area contributed by atoms with E-state index >= 15 is 0 Å². The first-order valence-electron chi connectivity index (χ1n) is 4.46. The van der Waals surface area contributed by atoms with Crippen molar-refractivity contribution >= 4 is 5.97 Å². The average molecular weight is 182 g/mol. The van der Waals surface area contributed by atoms with E-state index in [1.54, 1.807) is 6.92 Å². The highest BCUT2D eigenvalue weighted by Crippen LogP contribution is 2.02. The van der Waals surface area contributed by atoms with Crippen LogP contribution in [-0.4, -0.2) is 13.1 Å². The number of esters is 1. The van der Waals surface area contributed by atoms with E-state index in [1.165, 1.54) is 12.7 Å². The van der Waals surface area contributed by atoms with E-state index in [2.05, 4.69) is 24.7 Å². The molecule has 0 bridgehead atoms. The molecule has 0 spiro atoms. The summed E-state index contributed by atoms with van der Waals surface area (Å²) in [6, 6.07) is 0. The van der Waals surface area contributed by atoms with Crippen molar-refractivity contribution in [2.45, 2.75) is 33.6 Å². The maximum atomic E-state index is 10.9. The summed E-state index contributed by atoms with van der Waals surface area (Å²) in [6.07, 6.45) is 5.94. The van der Waals surface area contributed by atoms with Crippen LogP contribution in [0.15, 0.2) is 23.3 Å². The van der Waals surface area contributed by atoms with E-state index in [0.717, 1.165) is 12.8 Å². The summed E-state index contributed by atoms with van der Waals surface area (Å²) in [5.74, 6) is -0.239. The number of hydrogen-bond acceptors (Lipinski definition) is 2. The van der Waals surface area contributed by atoms with Crippen LogP contribution in [0, 0.1) is 0 Å². The summed E-state index contributed by atoms with van der Waals surface area (Å²) in [4.78, 5) is 10.9. The van der Waals surface area contributed by atoms with Gasteiger partial charge >= 0.3 is 5.97 Å². The van der Waals surface area contributed by atoms with Gasteiger partial charge in [-0.15, -0.1) is 0 Å². The Kier molecular flexibility index (Phi) is 5.94. The number of methoxy groups -OCH3 is 1. The highest BCUT2D eigenvalue weighted by atomic mass is 16.5. The van der Waals surface area contributed by atoms with Gasteiger partial charge in [0.15, 0.2) is 0 Å². The normalized spacial score (nSPS) is 10.9. The number of allylic oxidation sites excluding steroid dienone is 3. The molecule has 0 aliphatic heterocycles. The van der Waals surface area contributed by atoms with Gasteiger partial charge in [-0.05, 0) is 33.6 Å². The van der Waals surface area contributed by atoms with Crippen LogP contribution in [0.4, 0.5) is 0 Å². The third-order valence-corrected chi connectivity index (χ3v) is 1.68. The fourth-order valence-corrected chi connectivity index (χ4v) is 0.916. The lowest BCUT2D eigenvalue weighted by atomic mass is 10.2. The molecule has 0 amide bonds. The quantitative estimate of drug-likeness (QED) is 0.289. The molecular formula is C11H18O2. The number of unbranched alkanes of at least 4 members (excludes halogenated alkanes) is 1. The molecular weight excluding hydrogens is 164 g/mol. The molecule has 0 fully saturated rings. The molecule has 0 radical (unpaired) electrons. The fourth-order valence-electron chi connectivity index (χ4n) is 0.916.